The van der Waals surface area contributed by atoms with Crippen LogP contribution in [0.3, 0.4) is 0 Å². The molecule has 4 heterocycles. The van der Waals surface area contributed by atoms with Crippen LogP contribution in [0.25, 0.3) is 88.8 Å². The first-order valence-electron chi connectivity index (χ1n) is 20.1. The number of hydrogen-bond donors (Lipinski definition) is 0. The van der Waals surface area contributed by atoms with Gasteiger partial charge in [0, 0.05) is 47.0 Å². The molecule has 2 aliphatic rings. The molecule has 0 saturated heterocycles. The summed E-state index contributed by atoms with van der Waals surface area (Å²) in [6.07, 6.45) is 6.67. The van der Waals surface area contributed by atoms with Gasteiger partial charge in [-0.15, -0.1) is 0 Å². The van der Waals surface area contributed by atoms with Gasteiger partial charge in [0.1, 0.15) is 12.1 Å². The maximum atomic E-state index is 9.66. The summed E-state index contributed by atoms with van der Waals surface area (Å²) in [6.45, 7) is 0. The normalized spacial score (nSPS) is 12.7. The number of nitriles is 2. The molecule has 6 aromatic carbocycles. The van der Waals surface area contributed by atoms with Crippen molar-refractivity contribution < 1.29 is 0 Å². The second kappa shape index (κ2) is 13.2. The van der Waals surface area contributed by atoms with Crippen LogP contribution in [0.15, 0.2) is 183 Å². The van der Waals surface area contributed by atoms with Crippen LogP contribution in [0, 0.1) is 22.7 Å². The molecule has 6 nitrogen and oxygen atoms in total. The lowest BCUT2D eigenvalue weighted by molar-refractivity contribution is 0.795. The predicted octanol–water partition coefficient (Wildman–Crippen LogP) is 12.3. The molecule has 0 amide bonds. The van der Waals surface area contributed by atoms with E-state index in [1.54, 1.807) is 24.8 Å². The molecule has 12 rings (SSSR count). The first-order valence-corrected chi connectivity index (χ1v) is 20.1. The quantitative estimate of drug-likeness (QED) is 0.177. The minimum atomic E-state index is -0.680. The standard InChI is InChI=1S/C55H30N6/c56-27-33-23-35(31-58-29-33)49-19-9-21-51(60-49)43-25-47-53(41-15-3-1-11-37(41)43)54-42-16-4-2-12-38(42)44(52-22-10-20-50(61-52)36-24-34(28-57)30-59-32-36)26-48(54)55(47)45-17-7-5-13-39(45)40-14-6-8-18-46(40)55/h1-26,29-32H. The van der Waals surface area contributed by atoms with Crippen molar-refractivity contribution in [3.8, 4) is 79.4 Å². The van der Waals surface area contributed by atoms with E-state index in [1.807, 2.05) is 36.4 Å². The van der Waals surface area contributed by atoms with Crippen molar-refractivity contribution in [2.75, 3.05) is 0 Å². The van der Waals surface area contributed by atoms with Crippen LogP contribution < -0.4 is 0 Å². The maximum Gasteiger partial charge on any atom is 0.101 e. The third kappa shape index (κ3) is 4.94. The molecule has 0 bridgehead atoms. The molecule has 6 heteroatoms. The first-order chi connectivity index (χ1) is 30.1. The van der Waals surface area contributed by atoms with Gasteiger partial charge in [-0.1, -0.05) is 109 Å². The van der Waals surface area contributed by atoms with Crippen LogP contribution in [0.1, 0.15) is 33.4 Å². The third-order valence-electron chi connectivity index (χ3n) is 12.5. The lowest BCUT2D eigenvalue weighted by atomic mass is 9.69. The van der Waals surface area contributed by atoms with Crippen LogP contribution in [0.5, 0.6) is 0 Å². The van der Waals surface area contributed by atoms with Gasteiger partial charge in [-0.05, 0) is 115 Å². The maximum absolute atomic E-state index is 9.66. The number of benzene rings is 6. The zero-order valence-electron chi connectivity index (χ0n) is 32.5. The van der Waals surface area contributed by atoms with Crippen LogP contribution in [-0.2, 0) is 5.41 Å². The number of fused-ring (bicyclic) bond motifs is 14. The Morgan fingerprint density at radius 1 is 0.361 bits per heavy atom. The fourth-order valence-corrected chi connectivity index (χ4v) is 10.0. The highest BCUT2D eigenvalue weighted by Crippen LogP contribution is 2.66. The lowest BCUT2D eigenvalue weighted by Gasteiger charge is -2.31. The van der Waals surface area contributed by atoms with E-state index < -0.39 is 5.41 Å². The fourth-order valence-electron chi connectivity index (χ4n) is 10.0. The molecule has 0 atom stereocenters. The van der Waals surface area contributed by atoms with E-state index in [-0.39, 0.29) is 0 Å². The lowest BCUT2D eigenvalue weighted by Crippen LogP contribution is -2.26. The molecular formula is C55H30N6. The van der Waals surface area contributed by atoms with Crippen LogP contribution in [0.4, 0.5) is 0 Å². The van der Waals surface area contributed by atoms with Crippen molar-refractivity contribution in [3.05, 3.63) is 216 Å². The van der Waals surface area contributed by atoms with Crippen LogP contribution in [0.2, 0.25) is 0 Å². The molecule has 0 fully saturated rings. The summed E-state index contributed by atoms with van der Waals surface area (Å²) < 4.78 is 0. The molecular weight excluding hydrogens is 745 g/mol. The molecule has 2 aliphatic carbocycles. The Morgan fingerprint density at radius 3 is 1.23 bits per heavy atom. The van der Waals surface area contributed by atoms with Gasteiger partial charge in [-0.25, -0.2) is 9.97 Å². The van der Waals surface area contributed by atoms with Crippen molar-refractivity contribution in [2.24, 2.45) is 0 Å². The Bertz CT molecular complexity index is 3350. The van der Waals surface area contributed by atoms with E-state index in [2.05, 4.69) is 143 Å². The average molecular weight is 775 g/mol. The van der Waals surface area contributed by atoms with Gasteiger partial charge in [0.15, 0.2) is 0 Å². The first kappa shape index (κ1) is 34.5. The number of rotatable bonds is 4. The van der Waals surface area contributed by atoms with Crippen LogP contribution >= 0.6 is 0 Å². The van der Waals surface area contributed by atoms with Gasteiger partial charge in [0.05, 0.1) is 39.3 Å². The molecule has 0 N–H and O–H groups in total. The Morgan fingerprint density at radius 2 is 0.770 bits per heavy atom. The minimum Gasteiger partial charge on any atom is -0.263 e. The summed E-state index contributed by atoms with van der Waals surface area (Å²) in [7, 11) is 0. The zero-order chi connectivity index (χ0) is 40.7. The van der Waals surface area contributed by atoms with Gasteiger partial charge in [-0.3, -0.25) is 9.97 Å². The van der Waals surface area contributed by atoms with Gasteiger partial charge in [-0.2, -0.15) is 10.5 Å². The zero-order valence-corrected chi connectivity index (χ0v) is 32.5. The van der Waals surface area contributed by atoms with Gasteiger partial charge < -0.3 is 0 Å². The van der Waals surface area contributed by atoms with Crippen molar-refractivity contribution in [2.45, 2.75) is 5.41 Å². The summed E-state index contributed by atoms with van der Waals surface area (Å²) >= 11 is 0. The van der Waals surface area contributed by atoms with E-state index in [0.717, 1.165) is 66.6 Å². The Balaban J connectivity index is 1.20. The average Bonchev–Trinajstić information content (AvgIpc) is 3.81. The summed E-state index contributed by atoms with van der Waals surface area (Å²) in [6, 6.07) is 60.3. The molecule has 280 valence electrons. The number of nitrogens with zero attached hydrogens (tertiary/aromatic N) is 6. The second-order valence-electron chi connectivity index (χ2n) is 15.6. The SMILES string of the molecule is N#Cc1cncc(-c2cccc(-c3cc4c(c5ccccc35)-c3c(cc(-c5cccc(-c6cncc(C#N)c6)n5)c5ccccc35)C43c4ccccc4-c4ccccc43)n2)c1. The molecule has 0 unspecified atom stereocenters. The van der Waals surface area contributed by atoms with E-state index in [4.69, 9.17) is 9.97 Å². The van der Waals surface area contributed by atoms with Crippen molar-refractivity contribution in [1.82, 2.24) is 19.9 Å². The van der Waals surface area contributed by atoms with Crippen molar-refractivity contribution in [3.63, 3.8) is 0 Å². The number of pyridine rings is 4. The van der Waals surface area contributed by atoms with Gasteiger partial charge >= 0.3 is 0 Å². The van der Waals surface area contributed by atoms with E-state index in [0.29, 0.717) is 11.1 Å². The number of aromatic nitrogens is 4. The van der Waals surface area contributed by atoms with E-state index >= 15 is 0 Å². The molecule has 4 aromatic heterocycles. The highest BCUT2D eigenvalue weighted by Gasteiger charge is 2.53. The summed E-state index contributed by atoms with van der Waals surface area (Å²) in [5.41, 5.74) is 16.9. The smallest absolute Gasteiger partial charge is 0.101 e. The van der Waals surface area contributed by atoms with Gasteiger partial charge in [0.25, 0.3) is 0 Å². The summed E-state index contributed by atoms with van der Waals surface area (Å²) in [4.78, 5) is 19.3. The molecule has 10 aromatic rings. The largest absolute Gasteiger partial charge is 0.263 e. The Kier molecular flexibility index (Phi) is 7.47. The minimum absolute atomic E-state index is 0.490. The monoisotopic (exact) mass is 774 g/mol. The molecule has 0 aliphatic heterocycles. The predicted molar refractivity (Wildman–Crippen MR) is 240 cm³/mol. The number of hydrogen-bond acceptors (Lipinski definition) is 6. The van der Waals surface area contributed by atoms with Crippen LogP contribution in [-0.4, -0.2) is 19.9 Å². The van der Waals surface area contributed by atoms with Crippen molar-refractivity contribution >= 4 is 21.5 Å². The van der Waals surface area contributed by atoms with E-state index in [1.165, 1.54) is 44.5 Å². The molecule has 61 heavy (non-hydrogen) atoms. The van der Waals surface area contributed by atoms with Gasteiger partial charge in [0.2, 0.25) is 0 Å². The Labute approximate surface area is 351 Å². The highest BCUT2D eigenvalue weighted by molar-refractivity contribution is 6.18. The third-order valence-corrected chi connectivity index (χ3v) is 12.5. The molecule has 0 radical (unpaired) electrons. The summed E-state index contributed by atoms with van der Waals surface area (Å²) in [5, 5.41) is 23.8. The molecule has 1 spiro atoms. The Hall–Kier alpha value is -8.58. The fraction of sp³-hybridized carbons (Fsp3) is 0.0182. The van der Waals surface area contributed by atoms with E-state index in [9.17, 15) is 10.5 Å². The topological polar surface area (TPSA) is 99.1 Å². The second-order valence-corrected chi connectivity index (χ2v) is 15.6. The molecule has 0 saturated carbocycles. The van der Waals surface area contributed by atoms with Crippen molar-refractivity contribution in [1.29, 1.82) is 10.5 Å². The highest BCUT2D eigenvalue weighted by atomic mass is 14.7. The summed E-state index contributed by atoms with van der Waals surface area (Å²) in [5.74, 6) is 0.